The van der Waals surface area contributed by atoms with Gasteiger partial charge in [-0.05, 0) is 31.2 Å². The van der Waals surface area contributed by atoms with Crippen molar-refractivity contribution in [2.45, 2.75) is 38.6 Å². The minimum Gasteiger partial charge on any atom is -0.338 e. The van der Waals surface area contributed by atoms with Crippen LogP contribution in [0.5, 0.6) is 0 Å². The number of aromatic nitrogens is 2. The van der Waals surface area contributed by atoms with Gasteiger partial charge in [-0.2, -0.15) is 4.98 Å². The van der Waals surface area contributed by atoms with Crippen LogP contribution in [0, 0.1) is 11.8 Å². The molecule has 1 saturated carbocycles. The van der Waals surface area contributed by atoms with Crippen LogP contribution in [0.25, 0.3) is 11.4 Å². The average molecular weight is 297 g/mol. The summed E-state index contributed by atoms with van der Waals surface area (Å²) < 4.78 is 5.46. The number of benzene rings is 1. The fourth-order valence-corrected chi connectivity index (χ4v) is 4.03. The Morgan fingerprint density at radius 3 is 2.73 bits per heavy atom. The Labute approximate surface area is 131 Å². The van der Waals surface area contributed by atoms with Crippen LogP contribution in [-0.4, -0.2) is 28.1 Å². The van der Waals surface area contributed by atoms with Crippen molar-refractivity contribution in [1.82, 2.24) is 15.0 Å². The summed E-state index contributed by atoms with van der Waals surface area (Å²) in [5, 5.41) is 4.12. The van der Waals surface area contributed by atoms with E-state index in [2.05, 4.69) is 15.0 Å². The second-order valence-corrected chi connectivity index (χ2v) is 6.71. The normalized spacial score (nSPS) is 25.8. The molecule has 4 heteroatoms. The molecular weight excluding hydrogens is 274 g/mol. The van der Waals surface area contributed by atoms with E-state index in [1.165, 1.54) is 45.2 Å². The molecule has 1 aliphatic heterocycles. The van der Waals surface area contributed by atoms with E-state index in [0.29, 0.717) is 5.82 Å². The molecule has 1 aromatic carbocycles. The summed E-state index contributed by atoms with van der Waals surface area (Å²) >= 11 is 0. The molecular formula is C18H23N3O. The molecule has 1 aromatic heterocycles. The Kier molecular flexibility index (Phi) is 3.94. The number of hydrogen-bond acceptors (Lipinski definition) is 4. The van der Waals surface area contributed by atoms with Crippen LogP contribution in [-0.2, 0) is 6.54 Å². The molecule has 2 atom stereocenters. The van der Waals surface area contributed by atoms with Gasteiger partial charge in [0, 0.05) is 12.1 Å². The summed E-state index contributed by atoms with van der Waals surface area (Å²) in [4.78, 5) is 7.05. The summed E-state index contributed by atoms with van der Waals surface area (Å²) in [7, 11) is 0. The van der Waals surface area contributed by atoms with E-state index in [1.54, 1.807) is 0 Å². The summed E-state index contributed by atoms with van der Waals surface area (Å²) in [6, 6.07) is 10.0. The molecule has 0 unspecified atom stereocenters. The van der Waals surface area contributed by atoms with Crippen molar-refractivity contribution in [2.75, 3.05) is 13.1 Å². The van der Waals surface area contributed by atoms with Crippen LogP contribution in [0.2, 0.25) is 0 Å². The van der Waals surface area contributed by atoms with Crippen LogP contribution in [0.1, 0.15) is 38.0 Å². The number of rotatable bonds is 3. The molecule has 2 aromatic rings. The fourth-order valence-electron chi connectivity index (χ4n) is 4.03. The van der Waals surface area contributed by atoms with Gasteiger partial charge in [-0.1, -0.05) is 54.8 Å². The minimum absolute atomic E-state index is 0.697. The van der Waals surface area contributed by atoms with Crippen LogP contribution < -0.4 is 0 Å². The minimum atomic E-state index is 0.697. The van der Waals surface area contributed by atoms with E-state index in [4.69, 9.17) is 4.52 Å². The first-order valence-corrected chi connectivity index (χ1v) is 8.49. The van der Waals surface area contributed by atoms with E-state index >= 15 is 0 Å². The van der Waals surface area contributed by atoms with E-state index in [-0.39, 0.29) is 0 Å². The Balaban J connectivity index is 1.40. The van der Waals surface area contributed by atoms with Crippen molar-refractivity contribution in [2.24, 2.45) is 11.8 Å². The molecule has 1 aliphatic carbocycles. The number of piperidine rings is 1. The number of hydrogen-bond donors (Lipinski definition) is 0. The summed E-state index contributed by atoms with van der Waals surface area (Å²) in [5.41, 5.74) is 1.02. The second kappa shape index (κ2) is 6.21. The van der Waals surface area contributed by atoms with Crippen molar-refractivity contribution in [1.29, 1.82) is 0 Å². The van der Waals surface area contributed by atoms with Gasteiger partial charge in [0.05, 0.1) is 6.54 Å². The molecule has 0 N–H and O–H groups in total. The lowest BCUT2D eigenvalue weighted by atomic mass is 9.75. The number of nitrogens with zero attached hydrogens (tertiary/aromatic N) is 3. The zero-order valence-corrected chi connectivity index (χ0v) is 12.9. The van der Waals surface area contributed by atoms with Gasteiger partial charge in [0.15, 0.2) is 0 Å². The summed E-state index contributed by atoms with van der Waals surface area (Å²) in [5.74, 6) is 3.29. The molecule has 22 heavy (non-hydrogen) atoms. The van der Waals surface area contributed by atoms with Crippen molar-refractivity contribution < 1.29 is 4.52 Å². The highest BCUT2D eigenvalue weighted by atomic mass is 16.5. The molecule has 2 heterocycles. The number of likely N-dealkylation sites (tertiary alicyclic amines) is 1. The zero-order chi connectivity index (χ0) is 14.8. The maximum Gasteiger partial charge on any atom is 0.241 e. The van der Waals surface area contributed by atoms with Crippen molar-refractivity contribution in [3.05, 3.63) is 36.2 Å². The molecule has 0 spiro atoms. The van der Waals surface area contributed by atoms with Gasteiger partial charge < -0.3 is 4.52 Å². The Bertz CT molecular complexity index is 610. The Hall–Kier alpha value is -1.68. The molecule has 0 radical (unpaired) electrons. The lowest BCUT2D eigenvalue weighted by Gasteiger charge is -2.40. The lowest BCUT2D eigenvalue weighted by molar-refractivity contribution is 0.0747. The van der Waals surface area contributed by atoms with E-state index in [9.17, 15) is 0 Å². The zero-order valence-electron chi connectivity index (χ0n) is 12.9. The molecule has 1 saturated heterocycles. The molecule has 2 fully saturated rings. The van der Waals surface area contributed by atoms with Gasteiger partial charge in [-0.3, -0.25) is 4.90 Å². The van der Waals surface area contributed by atoms with E-state index in [1.807, 2.05) is 30.3 Å². The van der Waals surface area contributed by atoms with Gasteiger partial charge in [0.25, 0.3) is 0 Å². The quantitative estimate of drug-likeness (QED) is 0.865. The Morgan fingerprint density at radius 2 is 1.86 bits per heavy atom. The van der Waals surface area contributed by atoms with Gasteiger partial charge in [0.2, 0.25) is 11.7 Å². The molecule has 4 rings (SSSR count). The third-order valence-corrected chi connectivity index (χ3v) is 5.23. The molecule has 116 valence electrons. The molecule has 4 nitrogen and oxygen atoms in total. The van der Waals surface area contributed by atoms with Crippen LogP contribution in [0.4, 0.5) is 0 Å². The maximum absolute atomic E-state index is 5.46. The largest absolute Gasteiger partial charge is 0.338 e. The predicted molar refractivity (Wildman–Crippen MR) is 85.1 cm³/mol. The van der Waals surface area contributed by atoms with Crippen molar-refractivity contribution in [3.8, 4) is 11.4 Å². The summed E-state index contributed by atoms with van der Waals surface area (Å²) in [6.07, 6.45) is 7.03. The van der Waals surface area contributed by atoms with Gasteiger partial charge in [-0.25, -0.2) is 0 Å². The predicted octanol–water partition coefficient (Wildman–Crippen LogP) is 3.75. The smallest absolute Gasteiger partial charge is 0.241 e. The fraction of sp³-hybridized carbons (Fsp3) is 0.556. The van der Waals surface area contributed by atoms with E-state index in [0.717, 1.165) is 29.8 Å². The second-order valence-electron chi connectivity index (χ2n) is 6.71. The van der Waals surface area contributed by atoms with Crippen molar-refractivity contribution in [3.63, 3.8) is 0 Å². The first-order chi connectivity index (χ1) is 10.9. The van der Waals surface area contributed by atoms with Crippen LogP contribution >= 0.6 is 0 Å². The van der Waals surface area contributed by atoms with E-state index < -0.39 is 0 Å². The highest BCUT2D eigenvalue weighted by Gasteiger charge is 2.31. The van der Waals surface area contributed by atoms with Gasteiger partial charge in [-0.15, -0.1) is 0 Å². The highest BCUT2D eigenvalue weighted by Crippen LogP contribution is 2.36. The topological polar surface area (TPSA) is 42.2 Å². The standard InChI is InChI=1S/C18H23N3O/c1-2-7-15(8-3-1)18-19-17(22-20-18)13-21-11-10-14-6-4-5-9-16(14)12-21/h1-3,7-8,14,16H,4-6,9-13H2/t14-,16-/m1/s1. The van der Waals surface area contributed by atoms with Gasteiger partial charge in [0.1, 0.15) is 0 Å². The number of fused-ring (bicyclic) bond motifs is 1. The highest BCUT2D eigenvalue weighted by molar-refractivity contribution is 5.53. The van der Waals surface area contributed by atoms with Gasteiger partial charge >= 0.3 is 0 Å². The van der Waals surface area contributed by atoms with Crippen LogP contribution in [0.15, 0.2) is 34.9 Å². The molecule has 0 amide bonds. The first-order valence-electron chi connectivity index (χ1n) is 8.49. The molecule has 2 aliphatic rings. The van der Waals surface area contributed by atoms with Crippen LogP contribution in [0.3, 0.4) is 0 Å². The first kappa shape index (κ1) is 13.9. The lowest BCUT2D eigenvalue weighted by Crippen LogP contribution is -2.41. The monoisotopic (exact) mass is 297 g/mol. The third-order valence-electron chi connectivity index (χ3n) is 5.23. The summed E-state index contributed by atoms with van der Waals surface area (Å²) in [6.45, 7) is 3.17. The third kappa shape index (κ3) is 2.93. The SMILES string of the molecule is c1ccc(-c2noc(CN3CC[C@H]4CCCC[C@@H]4C3)n2)cc1. The maximum atomic E-state index is 5.46. The Morgan fingerprint density at radius 1 is 1.05 bits per heavy atom. The average Bonchev–Trinajstić information content (AvgIpc) is 3.04. The molecule has 0 bridgehead atoms. The van der Waals surface area contributed by atoms with Crippen molar-refractivity contribution >= 4 is 0 Å².